The highest BCUT2D eigenvalue weighted by Gasteiger charge is 2.37. The molecule has 0 saturated carbocycles. The van der Waals surface area contributed by atoms with E-state index in [9.17, 15) is 5.11 Å². The SMILES string of the molecule is CCCCCCCCCCCCCCCCCCCCc1cc(O)c2c(c1)OC(C)(C)C1=C2CNCC1. The van der Waals surface area contributed by atoms with Crippen molar-refractivity contribution in [2.75, 3.05) is 13.1 Å². The van der Waals surface area contributed by atoms with Crippen LogP contribution in [-0.2, 0) is 6.42 Å². The first-order chi connectivity index (χ1) is 18.0. The quantitative estimate of drug-likeness (QED) is 0.182. The molecule has 0 unspecified atom stereocenters. The van der Waals surface area contributed by atoms with E-state index in [1.807, 2.05) is 6.07 Å². The van der Waals surface area contributed by atoms with Gasteiger partial charge in [0.2, 0.25) is 0 Å². The molecule has 2 aliphatic heterocycles. The Morgan fingerprint density at radius 1 is 0.757 bits per heavy atom. The van der Waals surface area contributed by atoms with Gasteiger partial charge in [-0.15, -0.1) is 0 Å². The minimum absolute atomic E-state index is 0.289. The Balaban J connectivity index is 1.21. The Morgan fingerprint density at radius 2 is 1.27 bits per heavy atom. The predicted octanol–water partition coefficient (Wildman–Crippen LogP) is 9.89. The molecular formula is C34H57NO2. The van der Waals surface area contributed by atoms with E-state index < -0.39 is 0 Å². The predicted molar refractivity (Wildman–Crippen MR) is 160 cm³/mol. The molecular weight excluding hydrogens is 454 g/mol. The average molecular weight is 512 g/mol. The van der Waals surface area contributed by atoms with E-state index in [0.29, 0.717) is 5.75 Å². The number of unbranched alkanes of at least 4 members (excludes halogenated alkanes) is 17. The van der Waals surface area contributed by atoms with Crippen LogP contribution in [0.3, 0.4) is 0 Å². The minimum Gasteiger partial charge on any atom is -0.507 e. The van der Waals surface area contributed by atoms with Crippen LogP contribution in [0, 0.1) is 0 Å². The summed E-state index contributed by atoms with van der Waals surface area (Å²) >= 11 is 0. The Kier molecular flexibility index (Phi) is 13.4. The number of phenolic OH excluding ortho intramolecular Hbond substituents is 1. The van der Waals surface area contributed by atoms with Crippen molar-refractivity contribution in [3.8, 4) is 11.5 Å². The largest absolute Gasteiger partial charge is 0.507 e. The van der Waals surface area contributed by atoms with Crippen molar-refractivity contribution in [2.45, 2.75) is 155 Å². The second-order valence-corrected chi connectivity index (χ2v) is 12.2. The van der Waals surface area contributed by atoms with Gasteiger partial charge in [-0.05, 0) is 68.5 Å². The Hall–Kier alpha value is -1.48. The van der Waals surface area contributed by atoms with Crippen LogP contribution in [0.2, 0.25) is 0 Å². The van der Waals surface area contributed by atoms with E-state index in [1.165, 1.54) is 132 Å². The molecule has 1 aromatic carbocycles. The molecule has 0 bridgehead atoms. The number of benzene rings is 1. The summed E-state index contributed by atoms with van der Waals surface area (Å²) in [5.74, 6) is 1.26. The number of hydrogen-bond acceptors (Lipinski definition) is 3. The number of fused-ring (bicyclic) bond motifs is 2. The number of phenols is 1. The van der Waals surface area contributed by atoms with Crippen molar-refractivity contribution in [1.82, 2.24) is 5.32 Å². The first-order valence-electron chi connectivity index (χ1n) is 16.0. The van der Waals surface area contributed by atoms with Gasteiger partial charge in [-0.1, -0.05) is 116 Å². The zero-order valence-corrected chi connectivity index (χ0v) is 24.6. The zero-order chi connectivity index (χ0) is 26.3. The first-order valence-corrected chi connectivity index (χ1v) is 16.0. The molecule has 0 atom stereocenters. The number of aryl methyl sites for hydroxylation is 1. The van der Waals surface area contributed by atoms with Gasteiger partial charge in [-0.25, -0.2) is 0 Å². The van der Waals surface area contributed by atoms with Gasteiger partial charge in [0.1, 0.15) is 17.1 Å². The molecule has 1 aromatic rings. The first kappa shape index (κ1) is 30.1. The smallest absolute Gasteiger partial charge is 0.132 e. The van der Waals surface area contributed by atoms with Crippen LogP contribution in [0.5, 0.6) is 11.5 Å². The van der Waals surface area contributed by atoms with Gasteiger partial charge in [-0.2, -0.15) is 0 Å². The highest BCUT2D eigenvalue weighted by Crippen LogP contribution is 2.47. The number of hydrogen-bond donors (Lipinski definition) is 2. The molecule has 0 spiro atoms. The van der Waals surface area contributed by atoms with E-state index in [-0.39, 0.29) is 5.60 Å². The number of nitrogens with one attached hydrogen (secondary N) is 1. The fraction of sp³-hybridized carbons (Fsp3) is 0.765. The van der Waals surface area contributed by atoms with Gasteiger partial charge in [0.25, 0.3) is 0 Å². The van der Waals surface area contributed by atoms with Gasteiger partial charge >= 0.3 is 0 Å². The maximum Gasteiger partial charge on any atom is 0.132 e. The molecule has 0 aliphatic carbocycles. The third kappa shape index (κ3) is 9.97. The second-order valence-electron chi connectivity index (χ2n) is 12.2. The van der Waals surface area contributed by atoms with E-state index in [2.05, 4.69) is 32.2 Å². The van der Waals surface area contributed by atoms with E-state index >= 15 is 0 Å². The summed E-state index contributed by atoms with van der Waals surface area (Å²) in [5, 5.41) is 14.3. The van der Waals surface area contributed by atoms with Crippen LogP contribution in [0.15, 0.2) is 17.7 Å². The fourth-order valence-electron chi connectivity index (χ4n) is 6.34. The molecule has 2 aliphatic rings. The zero-order valence-electron chi connectivity index (χ0n) is 24.6. The Bertz CT molecular complexity index is 825. The van der Waals surface area contributed by atoms with Crippen LogP contribution >= 0.6 is 0 Å². The lowest BCUT2D eigenvalue weighted by molar-refractivity contribution is 0.137. The third-order valence-corrected chi connectivity index (χ3v) is 8.57. The molecule has 0 radical (unpaired) electrons. The summed E-state index contributed by atoms with van der Waals surface area (Å²) in [4.78, 5) is 0. The lowest BCUT2D eigenvalue weighted by Crippen LogP contribution is -2.40. The lowest BCUT2D eigenvalue weighted by atomic mass is 9.81. The highest BCUT2D eigenvalue weighted by atomic mass is 16.5. The monoisotopic (exact) mass is 511 g/mol. The fourth-order valence-corrected chi connectivity index (χ4v) is 6.34. The van der Waals surface area contributed by atoms with E-state index in [4.69, 9.17) is 4.74 Å². The number of rotatable bonds is 19. The van der Waals surface area contributed by atoms with Crippen LogP contribution in [0.25, 0.3) is 5.57 Å². The van der Waals surface area contributed by atoms with E-state index in [0.717, 1.165) is 37.2 Å². The second kappa shape index (κ2) is 16.5. The Labute approximate surface area is 228 Å². The third-order valence-electron chi connectivity index (χ3n) is 8.57. The number of aromatic hydroxyl groups is 1. The van der Waals surface area contributed by atoms with Crippen molar-refractivity contribution in [2.24, 2.45) is 0 Å². The molecule has 3 nitrogen and oxygen atoms in total. The molecule has 3 heteroatoms. The molecule has 37 heavy (non-hydrogen) atoms. The summed E-state index contributed by atoms with van der Waals surface area (Å²) in [6, 6.07) is 4.16. The summed E-state index contributed by atoms with van der Waals surface area (Å²) in [7, 11) is 0. The molecule has 0 saturated heterocycles. The van der Waals surface area contributed by atoms with Gasteiger partial charge in [-0.3, -0.25) is 0 Å². The Morgan fingerprint density at radius 3 is 1.81 bits per heavy atom. The van der Waals surface area contributed by atoms with Gasteiger partial charge < -0.3 is 15.2 Å². The maximum absolute atomic E-state index is 10.9. The summed E-state index contributed by atoms with van der Waals surface area (Å²) < 4.78 is 6.40. The standard InChI is InChI=1S/C34H57NO2/c1-4-5-6-7-8-9-10-11-12-13-14-15-16-17-18-19-20-21-22-28-25-31(36)33-29-27-35-24-23-30(29)34(2,3)37-32(33)26-28/h25-26,35-36H,4-24,27H2,1-3H3. The average Bonchev–Trinajstić information content (AvgIpc) is 2.87. The summed E-state index contributed by atoms with van der Waals surface area (Å²) in [6.07, 6.45) is 27.3. The highest BCUT2D eigenvalue weighted by molar-refractivity contribution is 5.82. The van der Waals surface area contributed by atoms with Crippen LogP contribution in [0.1, 0.15) is 154 Å². The summed E-state index contributed by atoms with van der Waals surface area (Å²) in [6.45, 7) is 8.43. The van der Waals surface area contributed by atoms with E-state index in [1.54, 1.807) is 0 Å². The van der Waals surface area contributed by atoms with Crippen molar-refractivity contribution in [1.29, 1.82) is 0 Å². The molecule has 210 valence electrons. The topological polar surface area (TPSA) is 41.5 Å². The molecule has 0 amide bonds. The van der Waals surface area contributed by atoms with Crippen molar-refractivity contribution < 1.29 is 9.84 Å². The maximum atomic E-state index is 10.9. The molecule has 0 aromatic heterocycles. The minimum atomic E-state index is -0.289. The molecule has 3 rings (SSSR count). The summed E-state index contributed by atoms with van der Waals surface area (Å²) in [5.41, 5.74) is 4.42. The van der Waals surface area contributed by atoms with Crippen molar-refractivity contribution in [3.05, 3.63) is 28.8 Å². The molecule has 2 N–H and O–H groups in total. The van der Waals surface area contributed by atoms with Gasteiger partial charge in [0, 0.05) is 6.54 Å². The van der Waals surface area contributed by atoms with Crippen LogP contribution < -0.4 is 10.1 Å². The normalized spacial score (nSPS) is 16.4. The molecule has 2 heterocycles. The van der Waals surface area contributed by atoms with Gasteiger partial charge in [0.05, 0.1) is 5.56 Å². The van der Waals surface area contributed by atoms with Gasteiger partial charge in [0.15, 0.2) is 0 Å². The van der Waals surface area contributed by atoms with Crippen molar-refractivity contribution in [3.63, 3.8) is 0 Å². The lowest BCUT2D eigenvalue weighted by Gasteiger charge is -2.40. The van der Waals surface area contributed by atoms with Crippen molar-refractivity contribution >= 4 is 5.57 Å². The van der Waals surface area contributed by atoms with Crippen LogP contribution in [-0.4, -0.2) is 23.8 Å². The molecule has 0 fully saturated rings. The number of ether oxygens (including phenoxy) is 1. The van der Waals surface area contributed by atoms with Crippen LogP contribution in [0.4, 0.5) is 0 Å².